The quantitative estimate of drug-likeness (QED) is 0.440. The summed E-state index contributed by atoms with van der Waals surface area (Å²) in [6, 6.07) is 5.48. The Morgan fingerprint density at radius 2 is 1.90 bits per heavy atom. The van der Waals surface area contributed by atoms with Crippen molar-refractivity contribution < 1.29 is 22.5 Å². The summed E-state index contributed by atoms with van der Waals surface area (Å²) < 4.78 is 36.8. The highest BCUT2D eigenvalue weighted by molar-refractivity contribution is 7.92. The molecule has 1 aliphatic rings. The van der Waals surface area contributed by atoms with E-state index in [1.807, 2.05) is 0 Å². The molecule has 1 saturated carbocycles. The van der Waals surface area contributed by atoms with Gasteiger partial charge < -0.3 is 0 Å². The molecule has 0 amide bonds. The molecular weight excluding hydrogens is 297 g/mol. The van der Waals surface area contributed by atoms with Gasteiger partial charge in [-0.15, -0.1) is 4.53 Å². The van der Waals surface area contributed by atoms with E-state index in [-0.39, 0.29) is 33.9 Å². The Labute approximate surface area is 122 Å². The Kier molecular flexibility index (Phi) is 4.41. The van der Waals surface area contributed by atoms with Crippen LogP contribution in [0.4, 0.5) is 10.2 Å². The van der Waals surface area contributed by atoms with E-state index in [2.05, 4.69) is 0 Å². The molecule has 0 spiro atoms. The highest BCUT2D eigenvalue weighted by atomic mass is 32.2. The number of para-hydroxylation sites is 1. The summed E-state index contributed by atoms with van der Waals surface area (Å²) in [6.07, 6.45) is 1.25. The summed E-state index contributed by atoms with van der Waals surface area (Å²) in [5, 5.41) is 0. The fourth-order valence-electron chi connectivity index (χ4n) is 1.93. The lowest BCUT2D eigenvalue weighted by atomic mass is 10.0. The number of nitrogens with zero attached hydrogens (tertiary/aromatic N) is 1. The summed E-state index contributed by atoms with van der Waals surface area (Å²) in [6.45, 7) is 1.31. The Bertz CT molecular complexity index is 667. The van der Waals surface area contributed by atoms with Crippen molar-refractivity contribution in [2.24, 2.45) is 5.92 Å². The van der Waals surface area contributed by atoms with Gasteiger partial charge in [0.2, 0.25) is 0 Å². The first-order valence-corrected chi connectivity index (χ1v) is 8.31. The Balaban J connectivity index is 2.27. The molecule has 0 radical (unpaired) electrons. The number of hydrogen-bond donors (Lipinski definition) is 0. The highest BCUT2D eigenvalue weighted by Crippen LogP contribution is 2.32. The molecule has 2 rings (SSSR count). The largest absolute Gasteiger partial charge is 0.299 e. The molecule has 0 aliphatic heterocycles. The van der Waals surface area contributed by atoms with Crippen LogP contribution in [-0.2, 0) is 14.8 Å². The van der Waals surface area contributed by atoms with Gasteiger partial charge in [0.05, 0.1) is 17.9 Å². The molecule has 1 aromatic rings. The van der Waals surface area contributed by atoms with Crippen LogP contribution in [0.25, 0.3) is 0 Å². The minimum atomic E-state index is -4.11. The number of hydrogen-bond acceptors (Lipinski definition) is 4. The Hall–Kier alpha value is -1.76. The average molecular weight is 313 g/mol. The molecule has 0 saturated heterocycles. The zero-order valence-corrected chi connectivity index (χ0v) is 12.4. The summed E-state index contributed by atoms with van der Waals surface area (Å²) in [5.74, 6) is -1.22. The second kappa shape index (κ2) is 5.93. The third-order valence-corrected chi connectivity index (χ3v) is 4.79. The van der Waals surface area contributed by atoms with Gasteiger partial charge >= 0.3 is 0 Å². The molecule has 5 nitrogen and oxygen atoms in total. The first-order valence-electron chi connectivity index (χ1n) is 6.70. The van der Waals surface area contributed by atoms with Gasteiger partial charge in [0.1, 0.15) is 5.78 Å². The van der Waals surface area contributed by atoms with Gasteiger partial charge in [0.15, 0.2) is 5.78 Å². The summed E-state index contributed by atoms with van der Waals surface area (Å²) in [4.78, 5) is 23.8. The van der Waals surface area contributed by atoms with Crippen LogP contribution in [0.3, 0.4) is 0 Å². The predicted molar refractivity (Wildman–Crippen MR) is 76.2 cm³/mol. The van der Waals surface area contributed by atoms with Crippen LogP contribution >= 0.6 is 0 Å². The lowest BCUT2D eigenvalue weighted by Gasteiger charge is -2.16. The Morgan fingerprint density at radius 3 is 2.48 bits per heavy atom. The topological polar surface area (TPSA) is 71.5 Å². The number of carbonyl (C=O) groups is 2. The van der Waals surface area contributed by atoms with Crippen molar-refractivity contribution in [1.82, 2.24) is 0 Å². The van der Waals surface area contributed by atoms with Crippen molar-refractivity contribution >= 4 is 27.3 Å². The van der Waals surface area contributed by atoms with E-state index >= 15 is 0 Å². The molecule has 7 heteroatoms. The summed E-state index contributed by atoms with van der Waals surface area (Å²) >= 11 is 0. The van der Waals surface area contributed by atoms with E-state index in [1.54, 1.807) is 0 Å². The van der Waals surface area contributed by atoms with Gasteiger partial charge in [-0.1, -0.05) is 16.6 Å². The molecule has 0 N–H and O–H groups in total. The average Bonchev–Trinajstić information content (AvgIpc) is 3.31. The van der Waals surface area contributed by atoms with Crippen LogP contribution in [-0.4, -0.2) is 25.7 Å². The van der Waals surface area contributed by atoms with Crippen LogP contribution in [0.5, 0.6) is 0 Å². The van der Waals surface area contributed by atoms with E-state index < -0.39 is 21.6 Å². The predicted octanol–water partition coefficient (Wildman–Crippen LogP) is 2.28. The number of carbonyl (C=O) groups excluding carboxylic acids is 2. The lowest BCUT2D eigenvalue weighted by molar-refractivity contribution is -0.119. The van der Waals surface area contributed by atoms with Crippen LogP contribution in [0.15, 0.2) is 24.3 Å². The third-order valence-electron chi connectivity index (χ3n) is 3.37. The highest BCUT2D eigenvalue weighted by Gasteiger charge is 2.32. The summed E-state index contributed by atoms with van der Waals surface area (Å²) in [7, 11) is -4.11. The van der Waals surface area contributed by atoms with Crippen LogP contribution in [0.1, 0.15) is 36.5 Å². The van der Waals surface area contributed by atoms with E-state index in [0.29, 0.717) is 0 Å². The maximum atomic E-state index is 14.1. The third kappa shape index (κ3) is 3.47. The zero-order valence-electron chi connectivity index (χ0n) is 11.6. The molecule has 0 aromatic heterocycles. The van der Waals surface area contributed by atoms with Crippen molar-refractivity contribution in [3.05, 3.63) is 29.8 Å². The molecule has 0 heterocycles. The molecule has 114 valence electrons. The maximum Gasteiger partial charge on any atom is 0.261 e. The fourth-order valence-corrected chi connectivity index (χ4v) is 2.61. The molecule has 1 aliphatic carbocycles. The molecule has 0 bridgehead atoms. The van der Waals surface area contributed by atoms with Gasteiger partial charge in [-0.25, -0.2) is 8.42 Å². The van der Waals surface area contributed by atoms with Crippen molar-refractivity contribution in [2.45, 2.75) is 26.2 Å². The number of sulfonamides is 1. The number of Topliss-reactive ketones (excluding diaryl/α,β-unsaturated/α-hetero) is 2. The van der Waals surface area contributed by atoms with E-state index in [0.717, 1.165) is 12.8 Å². The lowest BCUT2D eigenvalue weighted by Crippen LogP contribution is -2.26. The summed E-state index contributed by atoms with van der Waals surface area (Å²) in [5.41, 5.74) is -0.432. The molecular formula is C14H16FNO4S. The van der Waals surface area contributed by atoms with E-state index in [1.165, 1.54) is 31.2 Å². The number of rotatable bonds is 7. The van der Waals surface area contributed by atoms with E-state index in [9.17, 15) is 22.5 Å². The maximum absolute atomic E-state index is 14.1. The molecule has 1 aromatic carbocycles. The van der Waals surface area contributed by atoms with Gasteiger partial charge in [0.25, 0.3) is 10.0 Å². The monoisotopic (exact) mass is 313 g/mol. The molecule has 1 fully saturated rings. The van der Waals surface area contributed by atoms with Gasteiger partial charge in [-0.05, 0) is 31.9 Å². The number of ketones is 2. The van der Waals surface area contributed by atoms with Gasteiger partial charge in [-0.3, -0.25) is 9.59 Å². The molecule has 0 atom stereocenters. The fraction of sp³-hybridized carbons (Fsp3) is 0.429. The number of benzene rings is 1. The standard InChI is InChI=1S/C14H16FNO4S/c1-2-21(19,20)16(15)12-6-4-3-5-11(12)14(18)9-13(17)10-7-8-10/h3-6,10H,2,7-9H2,1H3. The van der Waals surface area contributed by atoms with Crippen LogP contribution < -0.4 is 4.53 Å². The SMILES string of the molecule is CCS(=O)(=O)N(F)c1ccccc1C(=O)CC(=O)C1CC1. The van der Waals surface area contributed by atoms with E-state index in [4.69, 9.17) is 0 Å². The molecule has 21 heavy (non-hydrogen) atoms. The van der Waals surface area contributed by atoms with Crippen molar-refractivity contribution in [3.8, 4) is 0 Å². The second-order valence-electron chi connectivity index (χ2n) is 4.97. The van der Waals surface area contributed by atoms with Crippen LogP contribution in [0.2, 0.25) is 0 Å². The minimum Gasteiger partial charge on any atom is -0.299 e. The van der Waals surface area contributed by atoms with Gasteiger partial charge in [-0.2, -0.15) is 0 Å². The second-order valence-corrected chi connectivity index (χ2v) is 7.03. The van der Waals surface area contributed by atoms with Crippen molar-refractivity contribution in [3.63, 3.8) is 0 Å². The minimum absolute atomic E-state index is 0.0676. The Morgan fingerprint density at radius 1 is 1.29 bits per heavy atom. The van der Waals surface area contributed by atoms with Crippen molar-refractivity contribution in [1.29, 1.82) is 0 Å². The van der Waals surface area contributed by atoms with Crippen LogP contribution in [0, 0.1) is 5.92 Å². The van der Waals surface area contributed by atoms with Crippen molar-refractivity contribution in [2.75, 3.05) is 10.3 Å². The normalized spacial score (nSPS) is 14.8. The van der Waals surface area contributed by atoms with Gasteiger partial charge in [0, 0.05) is 11.5 Å². The first kappa shape index (κ1) is 15.6. The zero-order chi connectivity index (χ0) is 15.6. The number of halogens is 1. The molecule has 0 unspecified atom stereocenters. The smallest absolute Gasteiger partial charge is 0.261 e. The number of anilines is 1. The first-order chi connectivity index (χ1) is 9.86.